The Balaban J connectivity index is 1.72. The normalized spacial score (nSPS) is 23.0. The minimum Gasteiger partial charge on any atom is -0.349 e. The van der Waals surface area contributed by atoms with Crippen LogP contribution in [0.5, 0.6) is 0 Å². The lowest BCUT2D eigenvalue weighted by atomic mass is 10.1. The molecule has 0 aliphatic carbocycles. The molecule has 1 heterocycles. The summed E-state index contributed by atoms with van der Waals surface area (Å²) in [5.41, 5.74) is 2.76. The van der Waals surface area contributed by atoms with Gasteiger partial charge in [0, 0.05) is 11.6 Å². The van der Waals surface area contributed by atoms with E-state index in [-0.39, 0.29) is 5.91 Å². The van der Waals surface area contributed by atoms with Gasteiger partial charge in [0.25, 0.3) is 5.91 Å². The van der Waals surface area contributed by atoms with Gasteiger partial charge in [0.15, 0.2) is 6.54 Å². The first-order valence-electron chi connectivity index (χ1n) is 8.59. The van der Waals surface area contributed by atoms with Gasteiger partial charge >= 0.3 is 0 Å². The number of nitrogens with one attached hydrogen (secondary N) is 3. The molecule has 1 amide bonds. The summed E-state index contributed by atoms with van der Waals surface area (Å²) < 4.78 is 0. The van der Waals surface area contributed by atoms with E-state index in [9.17, 15) is 4.79 Å². The topological polar surface area (TPSA) is 38.0 Å². The summed E-state index contributed by atoms with van der Waals surface area (Å²) in [6, 6.07) is 9.09. The molecule has 1 aliphatic heterocycles. The second kappa shape index (κ2) is 8.30. The van der Waals surface area contributed by atoms with Crippen molar-refractivity contribution in [2.24, 2.45) is 0 Å². The minimum atomic E-state index is 0.200. The lowest BCUT2D eigenvalue weighted by Crippen LogP contribution is -3.28. The van der Waals surface area contributed by atoms with E-state index in [1.807, 2.05) is 0 Å². The van der Waals surface area contributed by atoms with Crippen LogP contribution >= 0.6 is 0 Å². The Morgan fingerprint density at radius 3 is 2.55 bits per heavy atom. The maximum Gasteiger partial charge on any atom is 0.275 e. The SMILES string of the molecule is CC[C@@H](C)NC(=O)C[NH+]1CC[NH+](Cc2cccc(C)c2)CC1. The molecule has 1 aromatic rings. The van der Waals surface area contributed by atoms with Crippen LogP contribution in [0.1, 0.15) is 31.4 Å². The molecule has 122 valence electrons. The largest absolute Gasteiger partial charge is 0.349 e. The Morgan fingerprint density at radius 1 is 1.23 bits per heavy atom. The molecule has 1 fully saturated rings. The highest BCUT2D eigenvalue weighted by atomic mass is 16.2. The molecule has 0 spiro atoms. The molecule has 22 heavy (non-hydrogen) atoms. The Bertz CT molecular complexity index is 481. The van der Waals surface area contributed by atoms with Crippen LogP contribution in [0.4, 0.5) is 0 Å². The number of hydrogen-bond acceptors (Lipinski definition) is 1. The molecule has 1 aliphatic rings. The maximum absolute atomic E-state index is 12.0. The Kier molecular flexibility index (Phi) is 6.40. The first-order chi connectivity index (χ1) is 10.6. The monoisotopic (exact) mass is 305 g/mol. The number of aryl methyl sites for hydroxylation is 1. The van der Waals surface area contributed by atoms with Gasteiger partial charge < -0.3 is 15.1 Å². The van der Waals surface area contributed by atoms with Gasteiger partial charge in [-0.1, -0.05) is 36.8 Å². The molecule has 0 bridgehead atoms. The second-order valence-electron chi connectivity index (χ2n) is 6.72. The van der Waals surface area contributed by atoms with Crippen LogP contribution in [0.2, 0.25) is 0 Å². The zero-order valence-corrected chi connectivity index (χ0v) is 14.2. The van der Waals surface area contributed by atoms with Crippen LogP contribution < -0.4 is 15.1 Å². The summed E-state index contributed by atoms with van der Waals surface area (Å²) >= 11 is 0. The van der Waals surface area contributed by atoms with Crippen molar-refractivity contribution in [3.8, 4) is 0 Å². The molecule has 0 aromatic heterocycles. The van der Waals surface area contributed by atoms with Gasteiger partial charge in [0.2, 0.25) is 0 Å². The van der Waals surface area contributed by atoms with Crippen LogP contribution in [0.25, 0.3) is 0 Å². The summed E-state index contributed by atoms with van der Waals surface area (Å²) in [7, 11) is 0. The van der Waals surface area contributed by atoms with E-state index in [1.54, 1.807) is 4.90 Å². The van der Waals surface area contributed by atoms with Crippen LogP contribution in [0.3, 0.4) is 0 Å². The van der Waals surface area contributed by atoms with Crippen LogP contribution in [0, 0.1) is 6.92 Å². The highest BCUT2D eigenvalue weighted by Gasteiger charge is 2.25. The molecule has 1 atom stereocenters. The van der Waals surface area contributed by atoms with Gasteiger partial charge in [-0.2, -0.15) is 0 Å². The molecule has 4 nitrogen and oxygen atoms in total. The highest BCUT2D eigenvalue weighted by Crippen LogP contribution is 2.01. The van der Waals surface area contributed by atoms with Crippen molar-refractivity contribution in [3.05, 3.63) is 35.4 Å². The van der Waals surface area contributed by atoms with Crippen molar-refractivity contribution >= 4 is 5.91 Å². The van der Waals surface area contributed by atoms with Crippen molar-refractivity contribution in [2.45, 2.75) is 39.8 Å². The zero-order valence-electron chi connectivity index (χ0n) is 14.2. The third-order valence-corrected chi connectivity index (χ3v) is 4.63. The Hall–Kier alpha value is -1.39. The lowest BCUT2D eigenvalue weighted by molar-refractivity contribution is -1.02. The zero-order chi connectivity index (χ0) is 15.9. The van der Waals surface area contributed by atoms with Gasteiger partial charge in [-0.15, -0.1) is 0 Å². The van der Waals surface area contributed by atoms with Crippen molar-refractivity contribution in [3.63, 3.8) is 0 Å². The second-order valence-corrected chi connectivity index (χ2v) is 6.72. The highest BCUT2D eigenvalue weighted by molar-refractivity contribution is 5.77. The fourth-order valence-corrected chi connectivity index (χ4v) is 3.08. The van der Waals surface area contributed by atoms with Gasteiger partial charge in [-0.3, -0.25) is 4.79 Å². The smallest absolute Gasteiger partial charge is 0.275 e. The molecule has 2 rings (SSSR count). The molecule has 0 unspecified atom stereocenters. The molecule has 1 aromatic carbocycles. The minimum absolute atomic E-state index is 0.200. The van der Waals surface area contributed by atoms with E-state index in [0.717, 1.165) is 39.1 Å². The fraction of sp³-hybridized carbons (Fsp3) is 0.611. The van der Waals surface area contributed by atoms with Gasteiger partial charge in [-0.25, -0.2) is 0 Å². The van der Waals surface area contributed by atoms with Crippen LogP contribution in [-0.2, 0) is 11.3 Å². The first-order valence-corrected chi connectivity index (χ1v) is 8.59. The number of piperazine rings is 1. The number of hydrogen-bond donors (Lipinski definition) is 3. The van der Waals surface area contributed by atoms with E-state index in [2.05, 4.69) is 50.4 Å². The van der Waals surface area contributed by atoms with Crippen molar-refractivity contribution in [1.29, 1.82) is 0 Å². The third kappa shape index (κ3) is 5.43. The number of rotatable bonds is 6. The molecule has 4 heteroatoms. The summed E-state index contributed by atoms with van der Waals surface area (Å²) in [6.45, 7) is 12.5. The number of amides is 1. The number of quaternary nitrogens is 2. The van der Waals surface area contributed by atoms with Crippen LogP contribution in [0.15, 0.2) is 24.3 Å². The standard InChI is InChI=1S/C18H29N3O/c1-4-16(3)19-18(22)14-21-10-8-20(9-11-21)13-17-7-5-6-15(2)12-17/h5-7,12,16H,4,8-11,13-14H2,1-3H3,(H,19,22)/p+2/t16-/m1/s1. The van der Waals surface area contributed by atoms with E-state index in [0.29, 0.717) is 12.6 Å². The molecule has 3 N–H and O–H groups in total. The number of carbonyl (C=O) groups excluding carboxylic acids is 1. The van der Waals surface area contributed by atoms with Gasteiger partial charge in [-0.05, 0) is 20.3 Å². The Morgan fingerprint density at radius 2 is 1.91 bits per heavy atom. The summed E-state index contributed by atoms with van der Waals surface area (Å²) in [4.78, 5) is 15.0. The van der Waals surface area contributed by atoms with Crippen molar-refractivity contribution < 1.29 is 14.6 Å². The maximum atomic E-state index is 12.0. The molecular formula is C18H31N3O+2. The quantitative estimate of drug-likeness (QED) is 0.632. The summed E-state index contributed by atoms with van der Waals surface area (Å²) in [6.07, 6.45) is 0.996. The molecular weight excluding hydrogens is 274 g/mol. The third-order valence-electron chi connectivity index (χ3n) is 4.63. The van der Waals surface area contributed by atoms with Crippen molar-refractivity contribution in [2.75, 3.05) is 32.7 Å². The van der Waals surface area contributed by atoms with Crippen molar-refractivity contribution in [1.82, 2.24) is 5.32 Å². The lowest BCUT2D eigenvalue weighted by Gasteiger charge is -2.29. The van der Waals surface area contributed by atoms with E-state index in [1.165, 1.54) is 16.0 Å². The molecule has 0 radical (unpaired) electrons. The van der Waals surface area contributed by atoms with E-state index >= 15 is 0 Å². The average molecular weight is 305 g/mol. The van der Waals surface area contributed by atoms with E-state index in [4.69, 9.17) is 0 Å². The average Bonchev–Trinajstić information content (AvgIpc) is 2.49. The predicted molar refractivity (Wildman–Crippen MR) is 89.0 cm³/mol. The van der Waals surface area contributed by atoms with Crippen LogP contribution in [-0.4, -0.2) is 44.7 Å². The predicted octanol–water partition coefficient (Wildman–Crippen LogP) is -0.807. The molecule has 1 saturated heterocycles. The summed E-state index contributed by atoms with van der Waals surface area (Å²) in [5, 5.41) is 3.07. The fourth-order valence-electron chi connectivity index (χ4n) is 3.08. The van der Waals surface area contributed by atoms with Gasteiger partial charge in [0.1, 0.15) is 32.7 Å². The van der Waals surface area contributed by atoms with Gasteiger partial charge in [0.05, 0.1) is 0 Å². The summed E-state index contributed by atoms with van der Waals surface area (Å²) in [5.74, 6) is 0.200. The first kappa shape index (κ1) is 17.0. The number of carbonyl (C=O) groups is 1. The van der Waals surface area contributed by atoms with E-state index < -0.39 is 0 Å². The number of benzene rings is 1. The Labute approximate surface area is 134 Å². The molecule has 0 saturated carbocycles.